The van der Waals surface area contributed by atoms with E-state index in [9.17, 15) is 9.59 Å². The summed E-state index contributed by atoms with van der Waals surface area (Å²) in [4.78, 5) is 26.2. The molecule has 4 nitrogen and oxygen atoms in total. The molecule has 0 saturated heterocycles. The topological polar surface area (TPSA) is 55.4 Å². The maximum absolute atomic E-state index is 12.2. The van der Waals surface area contributed by atoms with E-state index in [0.29, 0.717) is 6.54 Å². The number of amides is 1. The van der Waals surface area contributed by atoms with Crippen LogP contribution in [0.25, 0.3) is 0 Å². The van der Waals surface area contributed by atoms with Crippen molar-refractivity contribution in [1.82, 2.24) is 5.32 Å². The van der Waals surface area contributed by atoms with Crippen molar-refractivity contribution in [2.24, 2.45) is 0 Å². The molecule has 0 fully saturated rings. The van der Waals surface area contributed by atoms with Crippen LogP contribution in [0.4, 0.5) is 0 Å². The fraction of sp³-hybridized carbons (Fsp3) is 0.368. The molecule has 128 valence electrons. The number of carbonyl (C=O) groups is 2. The number of ether oxygens (including phenoxy) is 1. The zero-order valence-corrected chi connectivity index (χ0v) is 15.2. The minimum absolute atomic E-state index is 0.0437. The molecule has 0 spiro atoms. The fourth-order valence-corrected chi connectivity index (χ4v) is 3.44. The van der Waals surface area contributed by atoms with Crippen LogP contribution in [0, 0.1) is 13.8 Å². The summed E-state index contributed by atoms with van der Waals surface area (Å²) in [6.45, 7) is 4.50. The van der Waals surface area contributed by atoms with Crippen LogP contribution in [-0.4, -0.2) is 25.3 Å². The number of thiophene rings is 1. The molecule has 2 aromatic rings. The molecule has 24 heavy (non-hydrogen) atoms. The van der Waals surface area contributed by atoms with Gasteiger partial charge >= 0.3 is 0 Å². The number of Topliss-reactive ketones (excluding diaryl/α,β-unsaturated/α-hetero) is 1. The second-order valence-electron chi connectivity index (χ2n) is 5.70. The Bertz CT molecular complexity index is 704. The molecule has 0 aliphatic heterocycles. The molecule has 0 bridgehead atoms. The number of hydrogen-bond donors (Lipinski definition) is 1. The van der Waals surface area contributed by atoms with Crippen LogP contribution >= 0.6 is 11.3 Å². The van der Waals surface area contributed by atoms with E-state index in [0.717, 1.165) is 33.1 Å². The predicted molar refractivity (Wildman–Crippen MR) is 97.1 cm³/mol. The Morgan fingerprint density at radius 3 is 2.42 bits per heavy atom. The van der Waals surface area contributed by atoms with Gasteiger partial charge in [-0.15, -0.1) is 11.3 Å². The van der Waals surface area contributed by atoms with Gasteiger partial charge in [0.15, 0.2) is 5.78 Å². The van der Waals surface area contributed by atoms with Gasteiger partial charge in [-0.05, 0) is 44.0 Å². The summed E-state index contributed by atoms with van der Waals surface area (Å²) in [6.07, 6.45) is 1.24. The summed E-state index contributed by atoms with van der Waals surface area (Å²) in [6, 6.07) is 9.68. The number of rotatable bonds is 8. The Kier molecular flexibility index (Phi) is 6.55. The van der Waals surface area contributed by atoms with Gasteiger partial charge in [0.05, 0.1) is 7.11 Å². The lowest BCUT2D eigenvalue weighted by molar-refractivity contribution is -0.121. The van der Waals surface area contributed by atoms with Crippen LogP contribution in [0.1, 0.15) is 38.5 Å². The summed E-state index contributed by atoms with van der Waals surface area (Å²) in [5, 5.41) is 2.87. The van der Waals surface area contributed by atoms with Crippen LogP contribution in [-0.2, 0) is 11.2 Å². The van der Waals surface area contributed by atoms with Crippen molar-refractivity contribution in [3.05, 3.63) is 51.2 Å². The molecular weight excluding hydrogens is 322 g/mol. The van der Waals surface area contributed by atoms with E-state index in [1.165, 1.54) is 0 Å². The van der Waals surface area contributed by atoms with Crippen LogP contribution in [0.15, 0.2) is 30.3 Å². The Balaban J connectivity index is 1.71. The van der Waals surface area contributed by atoms with Crippen molar-refractivity contribution in [2.75, 3.05) is 13.7 Å². The van der Waals surface area contributed by atoms with Crippen molar-refractivity contribution in [2.45, 2.75) is 33.1 Å². The normalized spacial score (nSPS) is 10.5. The molecule has 2 rings (SSSR count). The van der Waals surface area contributed by atoms with Gasteiger partial charge < -0.3 is 10.1 Å². The SMILES string of the molecule is COc1ccc(CCNC(=O)CCC(=O)c2cc(C)sc2C)cc1. The first-order valence-electron chi connectivity index (χ1n) is 7.99. The number of aryl methyl sites for hydroxylation is 2. The molecule has 0 aliphatic rings. The highest BCUT2D eigenvalue weighted by Gasteiger charge is 2.13. The fourth-order valence-electron chi connectivity index (χ4n) is 2.50. The van der Waals surface area contributed by atoms with Gasteiger partial charge in [-0.3, -0.25) is 9.59 Å². The smallest absolute Gasteiger partial charge is 0.220 e. The van der Waals surface area contributed by atoms with Gasteiger partial charge in [0.25, 0.3) is 0 Å². The van der Waals surface area contributed by atoms with Gasteiger partial charge in [-0.2, -0.15) is 0 Å². The Morgan fingerprint density at radius 1 is 1.12 bits per heavy atom. The minimum atomic E-state index is -0.0820. The van der Waals surface area contributed by atoms with Crippen molar-refractivity contribution in [1.29, 1.82) is 0 Å². The third kappa shape index (κ3) is 5.20. The van der Waals surface area contributed by atoms with E-state index < -0.39 is 0 Å². The van der Waals surface area contributed by atoms with Crippen molar-refractivity contribution >= 4 is 23.0 Å². The largest absolute Gasteiger partial charge is 0.497 e. The zero-order chi connectivity index (χ0) is 17.5. The lowest BCUT2D eigenvalue weighted by Gasteiger charge is -2.06. The first kappa shape index (κ1) is 18.2. The van der Waals surface area contributed by atoms with Crippen molar-refractivity contribution in [3.8, 4) is 5.75 Å². The number of carbonyl (C=O) groups excluding carboxylic acids is 2. The molecule has 0 unspecified atom stereocenters. The quantitative estimate of drug-likeness (QED) is 0.742. The van der Waals surface area contributed by atoms with E-state index in [1.807, 2.05) is 44.2 Å². The van der Waals surface area contributed by atoms with Crippen LogP contribution in [0.3, 0.4) is 0 Å². The summed E-state index contributed by atoms with van der Waals surface area (Å²) >= 11 is 1.62. The van der Waals surface area contributed by atoms with Gasteiger partial charge in [-0.1, -0.05) is 12.1 Å². The number of hydrogen-bond acceptors (Lipinski definition) is 4. The van der Waals surface area contributed by atoms with Gasteiger partial charge in [-0.25, -0.2) is 0 Å². The molecule has 5 heteroatoms. The zero-order valence-electron chi connectivity index (χ0n) is 14.3. The highest BCUT2D eigenvalue weighted by atomic mass is 32.1. The average molecular weight is 345 g/mol. The highest BCUT2D eigenvalue weighted by Crippen LogP contribution is 2.22. The lowest BCUT2D eigenvalue weighted by Crippen LogP contribution is -2.26. The van der Waals surface area contributed by atoms with Crippen LogP contribution in [0.2, 0.25) is 0 Å². The van der Waals surface area contributed by atoms with Crippen molar-refractivity contribution in [3.63, 3.8) is 0 Å². The first-order valence-corrected chi connectivity index (χ1v) is 8.81. The van der Waals surface area contributed by atoms with E-state index in [4.69, 9.17) is 4.74 Å². The minimum Gasteiger partial charge on any atom is -0.497 e. The molecule has 1 aromatic carbocycles. The molecule has 1 amide bonds. The van der Waals surface area contributed by atoms with Gasteiger partial charge in [0, 0.05) is 34.7 Å². The average Bonchev–Trinajstić information content (AvgIpc) is 2.92. The number of methoxy groups -OCH3 is 1. The van der Waals surface area contributed by atoms with Crippen molar-refractivity contribution < 1.29 is 14.3 Å². The van der Waals surface area contributed by atoms with Crippen LogP contribution in [0.5, 0.6) is 5.75 Å². The lowest BCUT2D eigenvalue weighted by atomic mass is 10.1. The maximum Gasteiger partial charge on any atom is 0.220 e. The predicted octanol–water partition coefficient (Wildman–Crippen LogP) is 3.70. The Hall–Kier alpha value is -2.14. The van der Waals surface area contributed by atoms with Gasteiger partial charge in [0.2, 0.25) is 5.91 Å². The number of benzene rings is 1. The molecule has 1 N–H and O–H groups in total. The molecule has 0 radical (unpaired) electrons. The number of nitrogens with one attached hydrogen (secondary N) is 1. The van der Waals surface area contributed by atoms with E-state index in [-0.39, 0.29) is 24.5 Å². The molecule has 0 aliphatic carbocycles. The molecule has 1 aromatic heterocycles. The third-order valence-electron chi connectivity index (χ3n) is 3.82. The van der Waals surface area contributed by atoms with E-state index in [1.54, 1.807) is 18.4 Å². The first-order chi connectivity index (χ1) is 11.5. The molecule has 0 saturated carbocycles. The monoisotopic (exact) mass is 345 g/mol. The summed E-state index contributed by atoms with van der Waals surface area (Å²) in [7, 11) is 1.63. The third-order valence-corrected chi connectivity index (χ3v) is 4.78. The maximum atomic E-state index is 12.2. The molecule has 1 heterocycles. The molecule has 0 atom stereocenters. The van der Waals surface area contributed by atoms with E-state index >= 15 is 0 Å². The Morgan fingerprint density at radius 2 is 1.83 bits per heavy atom. The summed E-state index contributed by atoms with van der Waals surface area (Å²) in [5.74, 6) is 0.781. The van der Waals surface area contributed by atoms with Gasteiger partial charge in [0.1, 0.15) is 5.75 Å². The van der Waals surface area contributed by atoms with E-state index in [2.05, 4.69) is 5.32 Å². The standard InChI is InChI=1S/C19H23NO3S/c1-13-12-17(14(2)24-13)18(21)8-9-19(22)20-11-10-15-4-6-16(23-3)7-5-15/h4-7,12H,8-11H2,1-3H3,(H,20,22). The Labute approximate surface area is 146 Å². The second kappa shape index (κ2) is 8.64. The summed E-state index contributed by atoms with van der Waals surface area (Å²) < 4.78 is 5.11. The number of ketones is 1. The summed E-state index contributed by atoms with van der Waals surface area (Å²) in [5.41, 5.74) is 1.89. The second-order valence-corrected chi connectivity index (χ2v) is 7.16. The van der Waals surface area contributed by atoms with Crippen LogP contribution < -0.4 is 10.1 Å². The highest BCUT2D eigenvalue weighted by molar-refractivity contribution is 7.12. The molecular formula is C19H23NO3S.